The Bertz CT molecular complexity index is 911. The van der Waals surface area contributed by atoms with Crippen molar-refractivity contribution in [2.24, 2.45) is 17.8 Å². The Kier molecular flexibility index (Phi) is 13.5. The molecule has 194 valence electrons. The Morgan fingerprint density at radius 1 is 0.676 bits per heavy atom. The van der Waals surface area contributed by atoms with E-state index in [1.165, 1.54) is 29.5 Å². The van der Waals surface area contributed by atoms with Crippen LogP contribution in [0.1, 0.15) is 84.8 Å². The van der Waals surface area contributed by atoms with Gasteiger partial charge in [0.1, 0.15) is 5.60 Å². The molecule has 0 aliphatic carbocycles. The Morgan fingerprint density at radius 2 is 1.08 bits per heavy atom. The Labute approximate surface area is 240 Å². The first-order valence-electron chi connectivity index (χ1n) is 14.0. The molecule has 0 aliphatic heterocycles. The van der Waals surface area contributed by atoms with Crippen molar-refractivity contribution in [3.05, 3.63) is 120 Å². The van der Waals surface area contributed by atoms with Gasteiger partial charge in [0.15, 0.2) is 0 Å². The summed E-state index contributed by atoms with van der Waals surface area (Å²) in [7, 11) is 0. The number of hydrogen-bond donors (Lipinski definition) is 0. The van der Waals surface area contributed by atoms with Crippen molar-refractivity contribution < 1.29 is 25.0 Å². The topological polar surface area (TPSA) is 9.23 Å². The molecule has 0 amide bonds. The van der Waals surface area contributed by atoms with Crippen molar-refractivity contribution in [2.75, 3.05) is 0 Å². The summed E-state index contributed by atoms with van der Waals surface area (Å²) in [5, 5.41) is 0. The summed E-state index contributed by atoms with van der Waals surface area (Å²) >= 11 is 0. The van der Waals surface area contributed by atoms with Gasteiger partial charge in [0.25, 0.3) is 0 Å². The van der Waals surface area contributed by atoms with Crippen LogP contribution < -0.4 is 18.9 Å². The average Bonchev–Trinajstić information content (AvgIpc) is 2.89. The van der Waals surface area contributed by atoms with Crippen LogP contribution >= 0.6 is 0 Å². The molecule has 0 bridgehead atoms. The maximum Gasteiger partial charge on any atom is 1.00 e. The summed E-state index contributed by atoms with van der Waals surface area (Å²) in [6.45, 7) is 11.6. The molecule has 0 spiro atoms. The number of allylic oxidation sites excluding steroid dienone is 1. The Hall–Kier alpha value is -2.04. The van der Waals surface area contributed by atoms with E-state index in [2.05, 4.69) is 138 Å². The molecule has 1 unspecified atom stereocenters. The Morgan fingerprint density at radius 3 is 1.43 bits per heavy atom. The van der Waals surface area contributed by atoms with Gasteiger partial charge in [0.05, 0.1) is 6.10 Å². The fourth-order valence-corrected chi connectivity index (χ4v) is 5.29. The third kappa shape index (κ3) is 9.03. The van der Waals surface area contributed by atoms with Crippen molar-refractivity contribution >= 4 is 0 Å². The SMILES string of the molecule is CCCCC(/C=C/C(CC(C)C)CC(C)C)OC(c1ccccc1)(c1ccccc1)c1ccccc1.[H-].[Li+]. The molecule has 3 aromatic rings. The van der Waals surface area contributed by atoms with Crippen LogP contribution in [0.3, 0.4) is 0 Å². The molecule has 3 aromatic carbocycles. The molecule has 0 aromatic heterocycles. The quantitative estimate of drug-likeness (QED) is 0.135. The third-order valence-electron chi connectivity index (χ3n) is 6.86. The summed E-state index contributed by atoms with van der Waals surface area (Å²) in [5.74, 6) is 1.95. The summed E-state index contributed by atoms with van der Waals surface area (Å²) < 4.78 is 7.37. The van der Waals surface area contributed by atoms with Crippen LogP contribution in [-0.4, -0.2) is 6.10 Å². The molecule has 0 radical (unpaired) electrons. The molecule has 2 heteroatoms. The van der Waals surface area contributed by atoms with Crippen LogP contribution in [0.2, 0.25) is 0 Å². The van der Waals surface area contributed by atoms with Gasteiger partial charge in [-0.2, -0.15) is 0 Å². The Balaban J connectivity index is 0.00000361. The van der Waals surface area contributed by atoms with Gasteiger partial charge >= 0.3 is 18.9 Å². The number of ether oxygens (including phenoxy) is 1. The number of rotatable bonds is 14. The van der Waals surface area contributed by atoms with Crippen molar-refractivity contribution in [1.82, 2.24) is 0 Å². The van der Waals surface area contributed by atoms with Crippen LogP contribution in [0.5, 0.6) is 0 Å². The molecule has 37 heavy (non-hydrogen) atoms. The zero-order chi connectivity index (χ0) is 25.8. The maximum absolute atomic E-state index is 7.37. The average molecular weight is 491 g/mol. The minimum Gasteiger partial charge on any atom is -1.00 e. The van der Waals surface area contributed by atoms with Crippen LogP contribution in [0.4, 0.5) is 0 Å². The van der Waals surface area contributed by atoms with Crippen LogP contribution in [0, 0.1) is 17.8 Å². The van der Waals surface area contributed by atoms with Crippen molar-refractivity contribution in [1.29, 1.82) is 0 Å². The zero-order valence-electron chi connectivity index (χ0n) is 25.1. The fraction of sp³-hybridized carbons (Fsp3) is 0.429. The molecule has 0 saturated heterocycles. The smallest absolute Gasteiger partial charge is 1.00 e. The molecule has 1 nitrogen and oxygen atoms in total. The van der Waals surface area contributed by atoms with E-state index in [-0.39, 0.29) is 26.4 Å². The van der Waals surface area contributed by atoms with Gasteiger partial charge in [0.2, 0.25) is 0 Å². The van der Waals surface area contributed by atoms with Gasteiger partial charge in [-0.3, -0.25) is 0 Å². The van der Waals surface area contributed by atoms with Gasteiger partial charge in [-0.05, 0) is 53.7 Å². The molecular weight excluding hydrogens is 443 g/mol. The minimum atomic E-state index is -0.682. The van der Waals surface area contributed by atoms with E-state index < -0.39 is 5.60 Å². The van der Waals surface area contributed by atoms with Crippen molar-refractivity contribution in [3.8, 4) is 0 Å². The maximum atomic E-state index is 7.37. The van der Waals surface area contributed by atoms with Gasteiger partial charge in [-0.1, -0.05) is 151 Å². The third-order valence-corrected chi connectivity index (χ3v) is 6.86. The normalized spacial score (nSPS) is 12.9. The largest absolute Gasteiger partial charge is 1.00 e. The zero-order valence-corrected chi connectivity index (χ0v) is 24.1. The fourth-order valence-electron chi connectivity index (χ4n) is 5.29. The van der Waals surface area contributed by atoms with E-state index in [0.29, 0.717) is 17.8 Å². The first kappa shape index (κ1) is 31.2. The van der Waals surface area contributed by atoms with Crippen molar-refractivity contribution in [2.45, 2.75) is 78.4 Å². The predicted molar refractivity (Wildman–Crippen MR) is 156 cm³/mol. The second-order valence-electron chi connectivity index (χ2n) is 11.0. The monoisotopic (exact) mass is 490 g/mol. The van der Waals surface area contributed by atoms with E-state index >= 15 is 0 Å². The second-order valence-corrected chi connectivity index (χ2v) is 11.0. The summed E-state index contributed by atoms with van der Waals surface area (Å²) in [6.07, 6.45) is 10.6. The van der Waals surface area contributed by atoms with Gasteiger partial charge in [0, 0.05) is 0 Å². The molecule has 0 aliphatic rings. The molecule has 1 atom stereocenters. The second kappa shape index (κ2) is 16.0. The van der Waals surface area contributed by atoms with Crippen molar-refractivity contribution in [3.63, 3.8) is 0 Å². The van der Waals surface area contributed by atoms with Gasteiger partial charge < -0.3 is 6.16 Å². The summed E-state index contributed by atoms with van der Waals surface area (Å²) in [6, 6.07) is 32.2. The standard InChI is InChI=1S/C35H46O.Li.H/c1-6-7-23-34(25-24-30(26-28(2)3)27-29(4)5)36-35(31-17-11-8-12-18-31,32-19-13-9-14-20-32)33-21-15-10-16-22-33;;/h8-22,24-25,28-30,34H,6-7,23,26-27H2,1-5H3;;/q;+1;-1/b25-24+;;. The van der Waals surface area contributed by atoms with Gasteiger partial charge in [-0.25, -0.2) is 0 Å². The molecule has 0 fully saturated rings. The molecule has 0 heterocycles. The number of benzene rings is 3. The van der Waals surface area contributed by atoms with E-state index in [1.54, 1.807) is 0 Å². The molecule has 0 saturated carbocycles. The summed E-state index contributed by atoms with van der Waals surface area (Å²) in [5.41, 5.74) is 2.81. The van der Waals surface area contributed by atoms with E-state index in [1.807, 2.05) is 0 Å². The van der Waals surface area contributed by atoms with E-state index in [4.69, 9.17) is 4.74 Å². The summed E-state index contributed by atoms with van der Waals surface area (Å²) in [4.78, 5) is 0. The number of hydrogen-bond acceptors (Lipinski definition) is 1. The first-order chi connectivity index (χ1) is 17.5. The molecule has 3 rings (SSSR count). The minimum absolute atomic E-state index is 0. The van der Waals surface area contributed by atoms with Crippen LogP contribution in [-0.2, 0) is 10.3 Å². The van der Waals surface area contributed by atoms with Crippen LogP contribution in [0.25, 0.3) is 0 Å². The molecular formula is C35H47LiO. The molecule has 0 N–H and O–H groups in total. The van der Waals surface area contributed by atoms with E-state index in [9.17, 15) is 0 Å². The first-order valence-corrected chi connectivity index (χ1v) is 14.0. The van der Waals surface area contributed by atoms with Crippen LogP contribution in [0.15, 0.2) is 103 Å². The number of unbranched alkanes of at least 4 members (excludes halogenated alkanes) is 1. The van der Waals surface area contributed by atoms with Gasteiger partial charge in [-0.15, -0.1) is 0 Å². The van der Waals surface area contributed by atoms with E-state index in [0.717, 1.165) is 19.3 Å². The predicted octanol–water partition coefficient (Wildman–Crippen LogP) is 6.94.